The molecule has 0 fully saturated rings. The van der Waals surface area contributed by atoms with Gasteiger partial charge in [-0.2, -0.15) is 0 Å². The molecule has 5 nitrogen and oxygen atoms in total. The number of anilines is 1. The number of para-hydroxylation sites is 2. The van der Waals surface area contributed by atoms with Crippen molar-refractivity contribution in [2.24, 2.45) is 0 Å². The topological polar surface area (TPSA) is 59.6 Å². The molecule has 0 saturated heterocycles. The number of carbonyl (C=O) groups excluding carboxylic acids is 1. The standard InChI is InChI=1S/C18H19F3N2O3/c1-2-25-14-9-7-13(8-10-14)11-12-22-17(24)23-15-5-3-4-6-16(15)26-18(19,20)21/h3-10H,2,11-12H2,1H3,(H2,22,23,24). The van der Waals surface area contributed by atoms with E-state index in [1.54, 1.807) is 0 Å². The first-order chi connectivity index (χ1) is 12.4. The molecule has 2 amide bonds. The van der Waals surface area contributed by atoms with Crippen LogP contribution in [-0.4, -0.2) is 25.5 Å². The van der Waals surface area contributed by atoms with Crippen LogP contribution in [0.15, 0.2) is 48.5 Å². The number of ether oxygens (including phenoxy) is 2. The summed E-state index contributed by atoms with van der Waals surface area (Å²) in [7, 11) is 0. The zero-order chi connectivity index (χ0) is 19.0. The van der Waals surface area contributed by atoms with Crippen LogP contribution in [0.2, 0.25) is 0 Å². The lowest BCUT2D eigenvalue weighted by Gasteiger charge is -2.14. The summed E-state index contributed by atoms with van der Waals surface area (Å²) in [4.78, 5) is 11.9. The molecular formula is C18H19F3N2O3. The highest BCUT2D eigenvalue weighted by atomic mass is 19.4. The third-order valence-corrected chi connectivity index (χ3v) is 3.29. The van der Waals surface area contributed by atoms with Gasteiger partial charge in [0.05, 0.1) is 12.3 Å². The number of amides is 2. The fourth-order valence-corrected chi connectivity index (χ4v) is 2.19. The van der Waals surface area contributed by atoms with Gasteiger partial charge in [-0.1, -0.05) is 24.3 Å². The van der Waals surface area contributed by atoms with Crippen molar-refractivity contribution in [1.82, 2.24) is 5.32 Å². The Kier molecular flexibility index (Phi) is 6.71. The molecule has 0 radical (unpaired) electrons. The third kappa shape index (κ3) is 6.54. The highest BCUT2D eigenvalue weighted by molar-refractivity contribution is 5.90. The summed E-state index contributed by atoms with van der Waals surface area (Å²) >= 11 is 0. The number of carbonyl (C=O) groups is 1. The van der Waals surface area contributed by atoms with Crippen LogP contribution >= 0.6 is 0 Å². The molecule has 140 valence electrons. The summed E-state index contributed by atoms with van der Waals surface area (Å²) < 4.78 is 46.3. The second kappa shape index (κ2) is 8.98. The molecular weight excluding hydrogens is 349 g/mol. The van der Waals surface area contributed by atoms with Crippen LogP contribution in [0.4, 0.5) is 23.7 Å². The van der Waals surface area contributed by atoms with Gasteiger partial charge in [-0.3, -0.25) is 0 Å². The normalized spacial score (nSPS) is 10.9. The Hall–Kier alpha value is -2.90. The molecule has 0 saturated carbocycles. The molecule has 2 aromatic rings. The van der Waals surface area contributed by atoms with Crippen molar-refractivity contribution in [3.8, 4) is 11.5 Å². The first kappa shape index (κ1) is 19.4. The second-order valence-electron chi connectivity index (χ2n) is 5.25. The number of alkyl halides is 3. The molecule has 0 atom stereocenters. The zero-order valence-electron chi connectivity index (χ0n) is 14.1. The fourth-order valence-electron chi connectivity index (χ4n) is 2.19. The summed E-state index contributed by atoms with van der Waals surface area (Å²) in [5, 5.41) is 4.94. The minimum Gasteiger partial charge on any atom is -0.494 e. The molecule has 2 N–H and O–H groups in total. The van der Waals surface area contributed by atoms with Gasteiger partial charge in [0.25, 0.3) is 0 Å². The van der Waals surface area contributed by atoms with E-state index in [-0.39, 0.29) is 5.69 Å². The molecule has 0 aromatic heterocycles. The highest BCUT2D eigenvalue weighted by Crippen LogP contribution is 2.29. The number of benzene rings is 2. The van der Waals surface area contributed by atoms with Crippen LogP contribution in [0.3, 0.4) is 0 Å². The Morgan fingerprint density at radius 2 is 1.77 bits per heavy atom. The predicted molar refractivity (Wildman–Crippen MR) is 91.5 cm³/mol. The van der Waals surface area contributed by atoms with Gasteiger partial charge in [-0.25, -0.2) is 4.79 Å². The number of rotatable bonds is 7. The smallest absolute Gasteiger partial charge is 0.494 e. The first-order valence-electron chi connectivity index (χ1n) is 7.99. The maximum absolute atomic E-state index is 12.4. The van der Waals surface area contributed by atoms with E-state index in [0.29, 0.717) is 19.6 Å². The number of nitrogens with one attached hydrogen (secondary N) is 2. The molecule has 0 spiro atoms. The lowest BCUT2D eigenvalue weighted by atomic mass is 10.1. The SMILES string of the molecule is CCOc1ccc(CCNC(=O)Nc2ccccc2OC(F)(F)F)cc1. The fraction of sp³-hybridized carbons (Fsp3) is 0.278. The van der Waals surface area contributed by atoms with Crippen molar-refractivity contribution >= 4 is 11.7 Å². The van der Waals surface area contributed by atoms with Gasteiger partial charge < -0.3 is 20.1 Å². The Labute approximate surface area is 149 Å². The Morgan fingerprint density at radius 3 is 2.42 bits per heavy atom. The van der Waals surface area contributed by atoms with Crippen LogP contribution in [0.25, 0.3) is 0 Å². The molecule has 2 rings (SSSR count). The lowest BCUT2D eigenvalue weighted by molar-refractivity contribution is -0.274. The molecule has 26 heavy (non-hydrogen) atoms. The predicted octanol–water partition coefficient (Wildman–Crippen LogP) is 4.35. The van der Waals surface area contributed by atoms with Gasteiger partial charge in [0.2, 0.25) is 0 Å². The summed E-state index contributed by atoms with van der Waals surface area (Å²) in [5.74, 6) is 0.296. The monoisotopic (exact) mass is 368 g/mol. The number of hydrogen-bond donors (Lipinski definition) is 2. The molecule has 0 unspecified atom stereocenters. The molecule has 0 heterocycles. The van der Waals surface area contributed by atoms with Gasteiger partial charge in [-0.15, -0.1) is 13.2 Å². The molecule has 0 aliphatic heterocycles. The average molecular weight is 368 g/mol. The molecule has 0 aliphatic carbocycles. The number of urea groups is 1. The minimum atomic E-state index is -4.83. The summed E-state index contributed by atoms with van der Waals surface area (Å²) in [6, 6.07) is 12.2. The van der Waals surface area contributed by atoms with Crippen LogP contribution in [0.1, 0.15) is 12.5 Å². The first-order valence-corrected chi connectivity index (χ1v) is 7.99. The number of hydrogen-bond acceptors (Lipinski definition) is 3. The van der Waals surface area contributed by atoms with Gasteiger partial charge >= 0.3 is 12.4 Å². The highest BCUT2D eigenvalue weighted by Gasteiger charge is 2.32. The Balaban J connectivity index is 1.84. The van der Waals surface area contributed by atoms with E-state index in [2.05, 4.69) is 15.4 Å². The van der Waals surface area contributed by atoms with Crippen LogP contribution in [0, 0.1) is 0 Å². The van der Waals surface area contributed by atoms with E-state index in [1.165, 1.54) is 18.2 Å². The van der Waals surface area contributed by atoms with Gasteiger partial charge in [-0.05, 0) is 43.2 Å². The van der Waals surface area contributed by atoms with E-state index in [1.807, 2.05) is 31.2 Å². The largest absolute Gasteiger partial charge is 0.573 e. The van der Waals surface area contributed by atoms with Crippen molar-refractivity contribution in [3.05, 3.63) is 54.1 Å². The quantitative estimate of drug-likeness (QED) is 0.764. The third-order valence-electron chi connectivity index (χ3n) is 3.29. The Bertz CT molecular complexity index is 718. The molecule has 8 heteroatoms. The molecule has 0 aliphatic rings. The van der Waals surface area contributed by atoms with E-state index in [4.69, 9.17) is 4.74 Å². The maximum atomic E-state index is 12.4. The van der Waals surface area contributed by atoms with E-state index >= 15 is 0 Å². The van der Waals surface area contributed by atoms with E-state index in [0.717, 1.165) is 17.4 Å². The molecule has 2 aromatic carbocycles. The van der Waals surface area contributed by atoms with Crippen molar-refractivity contribution < 1.29 is 27.4 Å². The van der Waals surface area contributed by atoms with E-state index < -0.39 is 18.1 Å². The maximum Gasteiger partial charge on any atom is 0.573 e. The van der Waals surface area contributed by atoms with Crippen LogP contribution < -0.4 is 20.1 Å². The molecule has 0 bridgehead atoms. The van der Waals surface area contributed by atoms with Crippen molar-refractivity contribution in [3.63, 3.8) is 0 Å². The second-order valence-corrected chi connectivity index (χ2v) is 5.25. The van der Waals surface area contributed by atoms with Crippen LogP contribution in [-0.2, 0) is 6.42 Å². The van der Waals surface area contributed by atoms with Crippen molar-refractivity contribution in [2.45, 2.75) is 19.7 Å². The van der Waals surface area contributed by atoms with Crippen LogP contribution in [0.5, 0.6) is 11.5 Å². The summed E-state index contributed by atoms with van der Waals surface area (Å²) in [6.07, 6.45) is -4.26. The lowest BCUT2D eigenvalue weighted by Crippen LogP contribution is -2.31. The minimum absolute atomic E-state index is 0.0663. The summed E-state index contributed by atoms with van der Waals surface area (Å²) in [5.41, 5.74) is 0.929. The number of halogens is 3. The van der Waals surface area contributed by atoms with Crippen molar-refractivity contribution in [1.29, 1.82) is 0 Å². The average Bonchev–Trinajstić information content (AvgIpc) is 2.57. The van der Waals surface area contributed by atoms with Gasteiger partial charge in [0.1, 0.15) is 5.75 Å². The van der Waals surface area contributed by atoms with E-state index in [9.17, 15) is 18.0 Å². The van der Waals surface area contributed by atoms with Gasteiger partial charge in [0, 0.05) is 6.54 Å². The van der Waals surface area contributed by atoms with Gasteiger partial charge in [0.15, 0.2) is 5.75 Å². The van der Waals surface area contributed by atoms with Crippen molar-refractivity contribution in [2.75, 3.05) is 18.5 Å². The summed E-state index contributed by atoms with van der Waals surface area (Å²) in [6.45, 7) is 2.80. The Morgan fingerprint density at radius 1 is 1.08 bits per heavy atom. The zero-order valence-corrected chi connectivity index (χ0v) is 14.1.